The van der Waals surface area contributed by atoms with Gasteiger partial charge in [0.15, 0.2) is 5.65 Å². The molecule has 0 aliphatic heterocycles. The van der Waals surface area contributed by atoms with Crippen LogP contribution in [0, 0.1) is 12.8 Å². The standard InChI is InChI=1S/C14H21ClN4/c1-9-6-4-5-7-11(9)19-12(8-15)16-13-10(2)17-18(3)14(13)19/h9,11H,4-8H2,1-3H3. The molecule has 0 bridgehead atoms. The predicted octanol–water partition coefficient (Wildman–Crippen LogP) is 3.57. The first-order valence-electron chi connectivity index (χ1n) is 7.10. The molecule has 1 aliphatic carbocycles. The summed E-state index contributed by atoms with van der Waals surface area (Å²) in [4.78, 5) is 4.71. The highest BCUT2D eigenvalue weighted by Crippen LogP contribution is 2.37. The Kier molecular flexibility index (Phi) is 3.29. The van der Waals surface area contributed by atoms with Gasteiger partial charge in [-0.15, -0.1) is 11.6 Å². The van der Waals surface area contributed by atoms with Crippen LogP contribution in [0.2, 0.25) is 0 Å². The van der Waals surface area contributed by atoms with E-state index in [4.69, 9.17) is 16.6 Å². The summed E-state index contributed by atoms with van der Waals surface area (Å²) in [6.45, 7) is 4.36. The molecule has 19 heavy (non-hydrogen) atoms. The van der Waals surface area contributed by atoms with Gasteiger partial charge in [0, 0.05) is 13.1 Å². The zero-order valence-corrected chi connectivity index (χ0v) is 12.6. The van der Waals surface area contributed by atoms with E-state index in [2.05, 4.69) is 16.6 Å². The number of halogens is 1. The highest BCUT2D eigenvalue weighted by Gasteiger charge is 2.28. The van der Waals surface area contributed by atoms with Gasteiger partial charge in [-0.05, 0) is 25.7 Å². The third kappa shape index (κ3) is 1.97. The fraction of sp³-hybridized carbons (Fsp3) is 0.714. The molecule has 0 spiro atoms. The summed E-state index contributed by atoms with van der Waals surface area (Å²) in [6, 6.07) is 0.516. The third-order valence-electron chi connectivity index (χ3n) is 4.43. The summed E-state index contributed by atoms with van der Waals surface area (Å²) in [7, 11) is 2.00. The fourth-order valence-corrected chi connectivity index (χ4v) is 3.65. The molecule has 2 unspecified atom stereocenters. The van der Waals surface area contributed by atoms with Crippen molar-refractivity contribution in [3.05, 3.63) is 11.5 Å². The number of nitrogens with zero attached hydrogens (tertiary/aromatic N) is 4. The smallest absolute Gasteiger partial charge is 0.158 e. The molecule has 3 rings (SSSR count). The van der Waals surface area contributed by atoms with Crippen LogP contribution < -0.4 is 0 Å². The monoisotopic (exact) mass is 280 g/mol. The number of aryl methyl sites for hydroxylation is 2. The number of fused-ring (bicyclic) bond motifs is 1. The Morgan fingerprint density at radius 1 is 1.32 bits per heavy atom. The molecule has 0 radical (unpaired) electrons. The number of imidazole rings is 1. The summed E-state index contributed by atoms with van der Waals surface area (Å²) in [5.74, 6) is 2.15. The van der Waals surface area contributed by atoms with Crippen LogP contribution in [0.15, 0.2) is 0 Å². The minimum atomic E-state index is 0.470. The largest absolute Gasteiger partial charge is 0.309 e. The molecule has 1 fully saturated rings. The molecule has 104 valence electrons. The summed E-state index contributed by atoms with van der Waals surface area (Å²) in [5, 5.41) is 4.50. The van der Waals surface area contributed by atoms with E-state index >= 15 is 0 Å². The van der Waals surface area contributed by atoms with Crippen LogP contribution in [-0.4, -0.2) is 19.3 Å². The highest BCUT2D eigenvalue weighted by molar-refractivity contribution is 6.16. The Morgan fingerprint density at radius 2 is 2.05 bits per heavy atom. The lowest BCUT2D eigenvalue weighted by atomic mass is 9.85. The zero-order valence-electron chi connectivity index (χ0n) is 11.9. The summed E-state index contributed by atoms with van der Waals surface area (Å²) in [5.41, 5.74) is 3.13. The quantitative estimate of drug-likeness (QED) is 0.789. The van der Waals surface area contributed by atoms with Crippen molar-refractivity contribution in [2.45, 2.75) is 51.5 Å². The molecule has 0 aromatic carbocycles. The van der Waals surface area contributed by atoms with E-state index in [-0.39, 0.29) is 0 Å². The fourth-order valence-electron chi connectivity index (χ4n) is 3.46. The van der Waals surface area contributed by atoms with Gasteiger partial charge in [0.05, 0.1) is 11.6 Å². The molecular formula is C14H21ClN4. The van der Waals surface area contributed by atoms with Crippen molar-refractivity contribution in [1.29, 1.82) is 0 Å². The van der Waals surface area contributed by atoms with E-state index in [0.717, 1.165) is 22.7 Å². The Labute approximate surface area is 118 Å². The van der Waals surface area contributed by atoms with Gasteiger partial charge >= 0.3 is 0 Å². The second-order valence-electron chi connectivity index (χ2n) is 5.74. The van der Waals surface area contributed by atoms with Crippen LogP contribution in [0.25, 0.3) is 11.2 Å². The SMILES string of the molecule is Cc1nn(C)c2c1nc(CCl)n2C1CCCCC1C. The van der Waals surface area contributed by atoms with Crippen LogP contribution in [0.3, 0.4) is 0 Å². The van der Waals surface area contributed by atoms with Crippen LogP contribution in [-0.2, 0) is 12.9 Å². The van der Waals surface area contributed by atoms with E-state index in [0.29, 0.717) is 17.8 Å². The van der Waals surface area contributed by atoms with E-state index in [1.165, 1.54) is 25.7 Å². The number of alkyl halides is 1. The number of aromatic nitrogens is 4. The van der Waals surface area contributed by atoms with Crippen molar-refractivity contribution in [2.24, 2.45) is 13.0 Å². The van der Waals surface area contributed by atoms with Gasteiger partial charge in [0.1, 0.15) is 11.3 Å². The molecule has 5 heteroatoms. The topological polar surface area (TPSA) is 35.6 Å². The molecule has 1 saturated carbocycles. The Hall–Kier alpha value is -1.03. The number of rotatable bonds is 2. The average molecular weight is 281 g/mol. The van der Waals surface area contributed by atoms with Gasteiger partial charge in [-0.2, -0.15) is 5.10 Å². The van der Waals surface area contributed by atoms with E-state index in [9.17, 15) is 0 Å². The lowest BCUT2D eigenvalue weighted by molar-refractivity contribution is 0.256. The second-order valence-corrected chi connectivity index (χ2v) is 6.01. The Morgan fingerprint density at radius 3 is 2.74 bits per heavy atom. The molecule has 2 aromatic rings. The summed E-state index contributed by atoms with van der Waals surface area (Å²) < 4.78 is 4.31. The molecule has 0 N–H and O–H groups in total. The number of hydrogen-bond donors (Lipinski definition) is 0. The van der Waals surface area contributed by atoms with Crippen molar-refractivity contribution in [3.8, 4) is 0 Å². The molecule has 4 nitrogen and oxygen atoms in total. The van der Waals surface area contributed by atoms with Crippen LogP contribution in [0.1, 0.15) is 50.2 Å². The molecular weight excluding hydrogens is 260 g/mol. The maximum atomic E-state index is 6.12. The summed E-state index contributed by atoms with van der Waals surface area (Å²) >= 11 is 6.12. The van der Waals surface area contributed by atoms with Gasteiger partial charge in [-0.1, -0.05) is 19.8 Å². The van der Waals surface area contributed by atoms with Gasteiger partial charge in [0.25, 0.3) is 0 Å². The first-order valence-corrected chi connectivity index (χ1v) is 7.63. The molecule has 2 aromatic heterocycles. The molecule has 2 heterocycles. The average Bonchev–Trinajstić information content (AvgIpc) is 2.89. The molecule has 0 amide bonds. The van der Waals surface area contributed by atoms with Gasteiger partial charge < -0.3 is 4.57 Å². The van der Waals surface area contributed by atoms with Crippen LogP contribution in [0.5, 0.6) is 0 Å². The Bertz CT molecular complexity index is 598. The molecule has 0 saturated heterocycles. The lowest BCUT2D eigenvalue weighted by Crippen LogP contribution is -2.23. The van der Waals surface area contributed by atoms with Crippen molar-refractivity contribution >= 4 is 22.8 Å². The highest BCUT2D eigenvalue weighted by atomic mass is 35.5. The summed E-state index contributed by atoms with van der Waals surface area (Å²) in [6.07, 6.45) is 5.16. The maximum Gasteiger partial charge on any atom is 0.158 e. The first-order chi connectivity index (χ1) is 9.13. The number of hydrogen-bond acceptors (Lipinski definition) is 2. The third-order valence-corrected chi connectivity index (χ3v) is 4.66. The van der Waals surface area contributed by atoms with E-state index in [1.54, 1.807) is 0 Å². The molecule has 1 aliphatic rings. The van der Waals surface area contributed by atoms with Crippen LogP contribution in [0.4, 0.5) is 0 Å². The zero-order chi connectivity index (χ0) is 13.6. The van der Waals surface area contributed by atoms with Gasteiger partial charge in [0.2, 0.25) is 0 Å². The van der Waals surface area contributed by atoms with Gasteiger partial charge in [-0.25, -0.2) is 4.98 Å². The maximum absolute atomic E-state index is 6.12. The first kappa shape index (κ1) is 13.0. The minimum absolute atomic E-state index is 0.470. The normalized spacial score (nSPS) is 24.2. The van der Waals surface area contributed by atoms with E-state index in [1.807, 2.05) is 18.7 Å². The molecule has 2 atom stereocenters. The van der Waals surface area contributed by atoms with Crippen LogP contribution >= 0.6 is 11.6 Å². The van der Waals surface area contributed by atoms with Crippen molar-refractivity contribution in [3.63, 3.8) is 0 Å². The van der Waals surface area contributed by atoms with Crippen molar-refractivity contribution < 1.29 is 0 Å². The Balaban J connectivity index is 2.19. The lowest BCUT2D eigenvalue weighted by Gasteiger charge is -2.31. The van der Waals surface area contributed by atoms with E-state index < -0.39 is 0 Å². The van der Waals surface area contributed by atoms with Crippen molar-refractivity contribution in [1.82, 2.24) is 19.3 Å². The minimum Gasteiger partial charge on any atom is -0.309 e. The predicted molar refractivity (Wildman–Crippen MR) is 77.5 cm³/mol. The van der Waals surface area contributed by atoms with Gasteiger partial charge in [-0.3, -0.25) is 4.68 Å². The van der Waals surface area contributed by atoms with Crippen molar-refractivity contribution in [2.75, 3.05) is 0 Å². The second kappa shape index (κ2) is 4.82.